The van der Waals surface area contributed by atoms with Crippen LogP contribution in [-0.2, 0) is 20.9 Å². The van der Waals surface area contributed by atoms with Crippen molar-refractivity contribution in [2.75, 3.05) is 0 Å². The van der Waals surface area contributed by atoms with Crippen LogP contribution in [-0.4, -0.2) is 52.5 Å². The number of nitrogens with zero attached hydrogens (tertiary/aromatic N) is 1. The number of alkyl carbamates (subject to hydrolysis) is 1. The van der Waals surface area contributed by atoms with Gasteiger partial charge in [0.2, 0.25) is 11.8 Å². The highest BCUT2D eigenvalue weighted by molar-refractivity contribution is 6.05. The third kappa shape index (κ3) is 4.65. The third-order valence-corrected chi connectivity index (χ3v) is 5.62. The molecule has 0 radical (unpaired) electrons. The molecule has 166 valence electrons. The summed E-state index contributed by atoms with van der Waals surface area (Å²) >= 11 is 0. The number of rotatable bonds is 4. The predicted molar refractivity (Wildman–Crippen MR) is 109 cm³/mol. The summed E-state index contributed by atoms with van der Waals surface area (Å²) in [7, 11) is 0. The molecule has 31 heavy (non-hydrogen) atoms. The van der Waals surface area contributed by atoms with Gasteiger partial charge in [0.15, 0.2) is 0 Å². The maximum Gasteiger partial charge on any atom is 0.407 e. The quantitative estimate of drug-likeness (QED) is 0.707. The Kier molecular flexibility index (Phi) is 5.36. The highest BCUT2D eigenvalue weighted by Gasteiger charge is 2.39. The minimum absolute atomic E-state index is 0.000995. The molecule has 1 aromatic rings. The molecule has 0 spiro atoms. The van der Waals surface area contributed by atoms with Crippen LogP contribution in [0, 0.1) is 0 Å². The molecule has 9 heteroatoms. The summed E-state index contributed by atoms with van der Waals surface area (Å²) in [6.07, 6.45) is 1.39. The number of piperidine rings is 1. The standard InChI is InChI=1S/C22H27N3O6/c1-22(2,3)31-21(29)23-13-8-15(9-13)30-14-5-4-12-11-25(20(28)16(12)10-14)17-6-7-18(26)24-19(17)27/h4-5,10,13,15,17H,6-9,11H2,1-3H3,(H,23,29)(H,24,26,27)/t13?,15?,17-/m1/s1. The van der Waals surface area contributed by atoms with Gasteiger partial charge in [0, 0.05) is 37.4 Å². The zero-order chi connectivity index (χ0) is 22.3. The number of nitrogens with one attached hydrogen (secondary N) is 2. The van der Waals surface area contributed by atoms with Crippen LogP contribution in [0.5, 0.6) is 5.75 Å². The molecule has 2 fully saturated rings. The summed E-state index contributed by atoms with van der Waals surface area (Å²) < 4.78 is 11.2. The van der Waals surface area contributed by atoms with Crippen molar-refractivity contribution in [1.82, 2.24) is 15.5 Å². The highest BCUT2D eigenvalue weighted by Crippen LogP contribution is 2.32. The Morgan fingerprint density at radius 2 is 1.94 bits per heavy atom. The largest absolute Gasteiger partial charge is 0.490 e. The van der Waals surface area contributed by atoms with E-state index in [0.29, 0.717) is 37.1 Å². The molecule has 1 aliphatic carbocycles. The summed E-state index contributed by atoms with van der Waals surface area (Å²) in [6, 6.07) is 4.73. The van der Waals surface area contributed by atoms with Crippen LogP contribution in [0.25, 0.3) is 0 Å². The van der Waals surface area contributed by atoms with Gasteiger partial charge < -0.3 is 19.7 Å². The van der Waals surface area contributed by atoms with Crippen molar-refractivity contribution in [3.8, 4) is 5.75 Å². The van der Waals surface area contributed by atoms with Gasteiger partial charge in [0.05, 0.1) is 0 Å². The van der Waals surface area contributed by atoms with E-state index in [9.17, 15) is 19.2 Å². The van der Waals surface area contributed by atoms with Gasteiger partial charge in [0.1, 0.15) is 23.5 Å². The first-order valence-corrected chi connectivity index (χ1v) is 10.5. The van der Waals surface area contributed by atoms with Crippen LogP contribution in [0.3, 0.4) is 0 Å². The summed E-state index contributed by atoms with van der Waals surface area (Å²) in [6.45, 7) is 5.78. The second-order valence-corrected chi connectivity index (χ2v) is 9.27. The predicted octanol–water partition coefficient (Wildman–Crippen LogP) is 1.88. The first-order valence-electron chi connectivity index (χ1n) is 10.5. The minimum atomic E-state index is -0.631. The van der Waals surface area contributed by atoms with E-state index >= 15 is 0 Å². The fourth-order valence-corrected chi connectivity index (χ4v) is 4.05. The number of hydrogen-bond donors (Lipinski definition) is 2. The molecule has 4 rings (SSSR count). The van der Waals surface area contributed by atoms with Gasteiger partial charge in [-0.25, -0.2) is 4.79 Å². The molecular weight excluding hydrogens is 402 g/mol. The van der Waals surface area contributed by atoms with Crippen molar-refractivity contribution < 1.29 is 28.7 Å². The first-order chi connectivity index (χ1) is 14.6. The average molecular weight is 429 g/mol. The molecular formula is C22H27N3O6. The smallest absolute Gasteiger partial charge is 0.407 e. The Bertz CT molecular complexity index is 932. The number of amides is 4. The van der Waals surface area contributed by atoms with Crippen LogP contribution in [0.2, 0.25) is 0 Å². The van der Waals surface area contributed by atoms with Crippen LogP contribution >= 0.6 is 0 Å². The molecule has 2 aliphatic heterocycles. The lowest BCUT2D eigenvalue weighted by molar-refractivity contribution is -0.136. The molecule has 4 amide bonds. The summed E-state index contributed by atoms with van der Waals surface area (Å²) in [5.41, 5.74) is 0.813. The molecule has 0 bridgehead atoms. The molecule has 1 atom stereocenters. The van der Waals surface area contributed by atoms with E-state index < -0.39 is 23.6 Å². The molecule has 0 unspecified atom stereocenters. The van der Waals surface area contributed by atoms with Gasteiger partial charge in [-0.2, -0.15) is 0 Å². The first kappa shape index (κ1) is 21.1. The molecule has 2 N–H and O–H groups in total. The SMILES string of the molecule is CC(C)(C)OC(=O)NC1CC(Oc2ccc3c(c2)C(=O)N([C@@H]2CCC(=O)NC2=O)C3)C1. The van der Waals surface area contributed by atoms with Crippen LogP contribution < -0.4 is 15.4 Å². The number of benzene rings is 1. The summed E-state index contributed by atoms with van der Waals surface area (Å²) in [5, 5.41) is 5.12. The summed E-state index contributed by atoms with van der Waals surface area (Å²) in [4.78, 5) is 49.7. The minimum Gasteiger partial charge on any atom is -0.490 e. The van der Waals surface area contributed by atoms with E-state index in [1.807, 2.05) is 32.9 Å². The number of ether oxygens (including phenoxy) is 2. The van der Waals surface area contributed by atoms with Crippen LogP contribution in [0.1, 0.15) is 62.4 Å². The zero-order valence-corrected chi connectivity index (χ0v) is 17.9. The van der Waals surface area contributed by atoms with Gasteiger partial charge >= 0.3 is 6.09 Å². The average Bonchev–Trinajstić information content (AvgIpc) is 2.95. The van der Waals surface area contributed by atoms with Gasteiger partial charge in [0.25, 0.3) is 5.91 Å². The number of hydrogen-bond acceptors (Lipinski definition) is 6. The van der Waals surface area contributed by atoms with Gasteiger partial charge in [-0.15, -0.1) is 0 Å². The zero-order valence-electron chi connectivity index (χ0n) is 17.9. The van der Waals surface area contributed by atoms with Crippen molar-refractivity contribution >= 4 is 23.8 Å². The Balaban J connectivity index is 1.31. The molecule has 2 heterocycles. The second-order valence-electron chi connectivity index (χ2n) is 9.27. The maximum absolute atomic E-state index is 12.9. The Hall–Kier alpha value is -3.10. The van der Waals surface area contributed by atoms with Gasteiger partial charge in [-0.3, -0.25) is 19.7 Å². The Morgan fingerprint density at radius 3 is 2.61 bits per heavy atom. The molecule has 3 aliphatic rings. The molecule has 1 aromatic carbocycles. The normalized spacial score (nSPS) is 25.5. The molecule has 9 nitrogen and oxygen atoms in total. The van der Waals surface area contributed by atoms with E-state index in [2.05, 4.69) is 10.6 Å². The molecule has 1 saturated carbocycles. The lowest BCUT2D eigenvalue weighted by atomic mass is 9.89. The number of imide groups is 1. The topological polar surface area (TPSA) is 114 Å². The van der Waals surface area contributed by atoms with Crippen molar-refractivity contribution in [3.63, 3.8) is 0 Å². The van der Waals surface area contributed by atoms with Crippen molar-refractivity contribution in [3.05, 3.63) is 29.3 Å². The fourth-order valence-electron chi connectivity index (χ4n) is 4.05. The molecule has 1 saturated heterocycles. The fraction of sp³-hybridized carbons (Fsp3) is 0.545. The van der Waals surface area contributed by atoms with Crippen molar-refractivity contribution in [2.24, 2.45) is 0 Å². The van der Waals surface area contributed by atoms with Gasteiger partial charge in [-0.05, 0) is 44.9 Å². The number of carbonyl (C=O) groups is 4. The Labute approximate surface area is 180 Å². The van der Waals surface area contributed by atoms with E-state index in [1.165, 1.54) is 4.90 Å². The Morgan fingerprint density at radius 1 is 1.19 bits per heavy atom. The van der Waals surface area contributed by atoms with Crippen LogP contribution in [0.4, 0.5) is 4.79 Å². The third-order valence-electron chi connectivity index (χ3n) is 5.62. The lowest BCUT2D eigenvalue weighted by Crippen LogP contribution is -2.52. The van der Waals surface area contributed by atoms with E-state index in [1.54, 1.807) is 6.07 Å². The molecule has 0 aromatic heterocycles. The van der Waals surface area contributed by atoms with Crippen molar-refractivity contribution in [2.45, 2.75) is 76.8 Å². The second kappa shape index (κ2) is 7.86. The maximum atomic E-state index is 12.9. The number of carbonyl (C=O) groups excluding carboxylic acids is 4. The monoisotopic (exact) mass is 429 g/mol. The highest BCUT2D eigenvalue weighted by atomic mass is 16.6. The van der Waals surface area contributed by atoms with Crippen molar-refractivity contribution in [1.29, 1.82) is 0 Å². The van der Waals surface area contributed by atoms with Gasteiger partial charge in [-0.1, -0.05) is 6.07 Å². The lowest BCUT2D eigenvalue weighted by Gasteiger charge is -2.36. The van der Waals surface area contributed by atoms with E-state index in [4.69, 9.17) is 9.47 Å². The van der Waals surface area contributed by atoms with Crippen LogP contribution in [0.15, 0.2) is 18.2 Å². The van der Waals surface area contributed by atoms with E-state index in [-0.39, 0.29) is 30.4 Å². The van der Waals surface area contributed by atoms with E-state index in [0.717, 1.165) is 5.56 Å². The number of fused-ring (bicyclic) bond motifs is 1. The summed E-state index contributed by atoms with van der Waals surface area (Å²) in [5.74, 6) is -0.376.